The molecule has 0 aliphatic rings. The van der Waals surface area contributed by atoms with Gasteiger partial charge in [-0.3, -0.25) is 9.59 Å². The van der Waals surface area contributed by atoms with Gasteiger partial charge < -0.3 is 9.47 Å². The number of ether oxygens (including phenoxy) is 2. The van der Waals surface area contributed by atoms with E-state index in [1.54, 1.807) is 0 Å². The first-order valence-corrected chi connectivity index (χ1v) is 6.71. The Bertz CT molecular complexity index is 457. The van der Waals surface area contributed by atoms with Crippen LogP contribution in [0, 0.1) is 5.92 Å². The maximum absolute atomic E-state index is 11.5. The van der Waals surface area contributed by atoms with Crippen LogP contribution in [0.1, 0.15) is 32.3 Å². The predicted molar refractivity (Wildman–Crippen MR) is 72.5 cm³/mol. The van der Waals surface area contributed by atoms with E-state index >= 15 is 0 Å². The van der Waals surface area contributed by atoms with Gasteiger partial charge in [0.25, 0.3) is 6.73 Å². The fourth-order valence-electron chi connectivity index (χ4n) is 1.77. The molecule has 0 saturated heterocycles. The molecule has 0 aliphatic heterocycles. The molecule has 1 rings (SSSR count). The Balaban J connectivity index is 2.41. The Kier molecular flexibility index (Phi) is 6.70. The molecule has 0 unspecified atom stereocenters. The van der Waals surface area contributed by atoms with Crippen LogP contribution in [0.3, 0.4) is 0 Å². The van der Waals surface area contributed by atoms with Gasteiger partial charge in [0.05, 0.1) is 20.0 Å². The summed E-state index contributed by atoms with van der Waals surface area (Å²) in [6.07, 6.45) is 4.88. The van der Waals surface area contributed by atoms with Crippen molar-refractivity contribution in [2.75, 3.05) is 7.11 Å². The monoisotopic (exact) mass is 280 g/mol. The third-order valence-corrected chi connectivity index (χ3v) is 2.70. The van der Waals surface area contributed by atoms with Crippen LogP contribution in [0.5, 0.6) is 0 Å². The van der Waals surface area contributed by atoms with E-state index in [-0.39, 0.29) is 19.6 Å². The molecule has 0 spiro atoms. The number of esters is 2. The lowest BCUT2D eigenvalue weighted by Gasteiger charge is -2.04. The number of carbonyl (C=O) groups excluding carboxylic acids is 2. The Morgan fingerprint density at radius 2 is 1.95 bits per heavy atom. The largest absolute Gasteiger partial charge is 0.469 e. The van der Waals surface area contributed by atoms with Crippen LogP contribution in [0.2, 0.25) is 0 Å². The van der Waals surface area contributed by atoms with Crippen molar-refractivity contribution in [1.82, 2.24) is 0 Å². The lowest BCUT2D eigenvalue weighted by molar-refractivity contribution is -0.728. The van der Waals surface area contributed by atoms with E-state index in [2.05, 4.69) is 24.7 Å². The average molecular weight is 280 g/mol. The van der Waals surface area contributed by atoms with Crippen LogP contribution in [0.25, 0.3) is 0 Å². The molecule has 0 aromatic carbocycles. The van der Waals surface area contributed by atoms with Gasteiger partial charge in [-0.05, 0) is 18.4 Å². The minimum Gasteiger partial charge on any atom is -0.469 e. The highest BCUT2D eigenvalue weighted by Crippen LogP contribution is 2.04. The first kappa shape index (κ1) is 16.1. The van der Waals surface area contributed by atoms with Gasteiger partial charge in [0.2, 0.25) is 0 Å². The van der Waals surface area contributed by atoms with Crippen molar-refractivity contribution >= 4 is 11.9 Å². The minimum absolute atomic E-state index is 0.0406. The van der Waals surface area contributed by atoms with Crippen molar-refractivity contribution < 1.29 is 23.6 Å². The summed E-state index contributed by atoms with van der Waals surface area (Å²) in [6.45, 7) is 4.47. The van der Waals surface area contributed by atoms with Gasteiger partial charge in [0.15, 0.2) is 12.4 Å². The van der Waals surface area contributed by atoms with Crippen LogP contribution in [0.15, 0.2) is 24.5 Å². The van der Waals surface area contributed by atoms with Crippen LogP contribution in [0.4, 0.5) is 0 Å². The molecule has 0 aliphatic carbocycles. The summed E-state index contributed by atoms with van der Waals surface area (Å²) < 4.78 is 11.4. The molecule has 110 valence electrons. The Hall–Kier alpha value is -1.91. The number of carbonyl (C=O) groups is 2. The number of hydrogen-bond donors (Lipinski definition) is 0. The fraction of sp³-hybridized carbons (Fsp3) is 0.533. The summed E-state index contributed by atoms with van der Waals surface area (Å²) in [5.41, 5.74) is 1.20. The normalized spacial score (nSPS) is 10.4. The molecule has 1 aromatic heterocycles. The molecule has 1 heterocycles. The number of rotatable bonds is 7. The third kappa shape index (κ3) is 6.31. The maximum Gasteiger partial charge on any atom is 0.311 e. The van der Waals surface area contributed by atoms with Gasteiger partial charge in [0, 0.05) is 11.6 Å². The van der Waals surface area contributed by atoms with Gasteiger partial charge in [-0.25, -0.2) is 0 Å². The molecule has 0 amide bonds. The molecule has 0 N–H and O–H groups in total. The molecule has 20 heavy (non-hydrogen) atoms. The molecule has 0 atom stereocenters. The van der Waals surface area contributed by atoms with Gasteiger partial charge in [-0.2, -0.15) is 4.57 Å². The van der Waals surface area contributed by atoms with E-state index < -0.39 is 11.9 Å². The van der Waals surface area contributed by atoms with Crippen LogP contribution in [-0.4, -0.2) is 19.0 Å². The smallest absolute Gasteiger partial charge is 0.311 e. The number of methoxy groups -OCH3 is 1. The summed E-state index contributed by atoms with van der Waals surface area (Å²) in [5, 5.41) is 0. The number of pyridine rings is 1. The molecule has 1 aromatic rings. The van der Waals surface area contributed by atoms with Gasteiger partial charge in [-0.15, -0.1) is 0 Å². The van der Waals surface area contributed by atoms with Crippen molar-refractivity contribution in [2.24, 2.45) is 5.92 Å². The Morgan fingerprint density at radius 1 is 1.25 bits per heavy atom. The molecule has 0 radical (unpaired) electrons. The van der Waals surface area contributed by atoms with Crippen molar-refractivity contribution in [3.05, 3.63) is 30.1 Å². The number of hydrogen-bond acceptors (Lipinski definition) is 4. The molecular weight excluding hydrogens is 258 g/mol. The van der Waals surface area contributed by atoms with Gasteiger partial charge in [0.1, 0.15) is 0 Å². The topological polar surface area (TPSA) is 56.5 Å². The van der Waals surface area contributed by atoms with Crippen LogP contribution in [-0.2, 0) is 32.2 Å². The summed E-state index contributed by atoms with van der Waals surface area (Å²) >= 11 is 0. The third-order valence-electron chi connectivity index (χ3n) is 2.70. The van der Waals surface area contributed by atoms with E-state index in [1.807, 2.05) is 23.0 Å². The zero-order valence-corrected chi connectivity index (χ0v) is 12.3. The first-order chi connectivity index (χ1) is 9.51. The summed E-state index contributed by atoms with van der Waals surface area (Å²) in [7, 11) is 1.30. The molecule has 0 saturated carbocycles. The quantitative estimate of drug-likeness (QED) is 0.562. The standard InChI is InChI=1S/C15H22NO4/c1-12(2)9-13-5-4-8-16(10-13)11-20-15(18)7-6-14(17)19-3/h4-5,8,10,12H,6-7,9,11H2,1-3H3/q+1. The van der Waals surface area contributed by atoms with E-state index in [0.717, 1.165) is 6.42 Å². The first-order valence-electron chi connectivity index (χ1n) is 6.71. The zero-order chi connectivity index (χ0) is 15.0. The second-order valence-electron chi connectivity index (χ2n) is 5.05. The highest BCUT2D eigenvalue weighted by molar-refractivity contribution is 5.77. The van der Waals surface area contributed by atoms with Crippen LogP contribution >= 0.6 is 0 Å². The highest BCUT2D eigenvalue weighted by atomic mass is 16.5. The Morgan fingerprint density at radius 3 is 2.60 bits per heavy atom. The predicted octanol–water partition coefficient (Wildman–Crippen LogP) is 1.63. The van der Waals surface area contributed by atoms with Crippen molar-refractivity contribution in [3.8, 4) is 0 Å². The molecule has 5 nitrogen and oxygen atoms in total. The summed E-state index contributed by atoms with van der Waals surface area (Å²) in [4.78, 5) is 22.4. The van der Waals surface area contributed by atoms with E-state index in [4.69, 9.17) is 4.74 Å². The fourth-order valence-corrected chi connectivity index (χ4v) is 1.77. The minimum atomic E-state index is -0.409. The number of aromatic nitrogens is 1. The second kappa shape index (κ2) is 8.30. The molecule has 0 bridgehead atoms. The highest BCUT2D eigenvalue weighted by Gasteiger charge is 2.11. The zero-order valence-electron chi connectivity index (χ0n) is 12.3. The van der Waals surface area contributed by atoms with E-state index in [1.165, 1.54) is 12.7 Å². The lowest BCUT2D eigenvalue weighted by Crippen LogP contribution is -2.36. The average Bonchev–Trinajstić information content (AvgIpc) is 2.42. The van der Waals surface area contributed by atoms with Crippen molar-refractivity contribution in [1.29, 1.82) is 0 Å². The van der Waals surface area contributed by atoms with Crippen molar-refractivity contribution in [3.63, 3.8) is 0 Å². The van der Waals surface area contributed by atoms with E-state index in [9.17, 15) is 9.59 Å². The number of nitrogens with zero attached hydrogens (tertiary/aromatic N) is 1. The molecule has 0 fully saturated rings. The maximum atomic E-state index is 11.5. The summed E-state index contributed by atoms with van der Waals surface area (Å²) in [6, 6.07) is 3.98. The summed E-state index contributed by atoms with van der Waals surface area (Å²) in [5.74, 6) is -0.237. The Labute approximate surface area is 119 Å². The molecular formula is C15H22NO4+. The van der Waals surface area contributed by atoms with Gasteiger partial charge >= 0.3 is 11.9 Å². The van der Waals surface area contributed by atoms with Crippen LogP contribution < -0.4 is 4.57 Å². The SMILES string of the molecule is COC(=O)CCC(=O)OC[n+]1cccc(CC(C)C)c1. The second-order valence-corrected chi connectivity index (χ2v) is 5.05. The van der Waals surface area contributed by atoms with E-state index in [0.29, 0.717) is 5.92 Å². The lowest BCUT2D eigenvalue weighted by atomic mass is 10.1. The van der Waals surface area contributed by atoms with Crippen molar-refractivity contribution in [2.45, 2.75) is 39.8 Å². The van der Waals surface area contributed by atoms with Gasteiger partial charge in [-0.1, -0.05) is 13.8 Å². The molecule has 5 heteroatoms.